The Hall–Kier alpha value is -5.41. The Morgan fingerprint density at radius 1 is 0.562 bits per heavy atom. The van der Waals surface area contributed by atoms with Gasteiger partial charge in [0.2, 0.25) is 0 Å². The molecule has 3 aromatic heterocycles. The molecule has 0 saturated carbocycles. The summed E-state index contributed by atoms with van der Waals surface area (Å²) in [6, 6.07) is 54.4. The standard InChI is InChI=1S/C31H19N2.C13H12N.Ir/c1-2-11-21(12-3-1)31-32-28-19-10-18-27-25-16-7-5-14-23(25)22-13-4-6-15-24(22)26-17-8-9-20-29(26)33(31)30(27)28;1-10-3-6-12(7-4-10)13-8-5-11(2)9-14-13;/h1-11,13-20H;3-6,8-9H,1-2H3;/q2*-1;/i;1D3,2D3;. The Morgan fingerprint density at radius 3 is 1.85 bits per heavy atom. The molecule has 0 fully saturated rings. The van der Waals surface area contributed by atoms with E-state index in [0.717, 1.165) is 27.9 Å². The summed E-state index contributed by atoms with van der Waals surface area (Å²) in [5.41, 5.74) is 5.76. The molecule has 3 heterocycles. The average molecular weight is 800 g/mol. The molecule has 0 spiro atoms. The Balaban J connectivity index is 0.000000186. The third-order valence-corrected chi connectivity index (χ3v) is 8.35. The molecular formula is C44H31IrN3-2. The molecule has 0 amide bonds. The summed E-state index contributed by atoms with van der Waals surface area (Å²) < 4.78 is 46.0. The van der Waals surface area contributed by atoms with Crippen LogP contribution in [0.5, 0.6) is 0 Å². The van der Waals surface area contributed by atoms with Crippen LogP contribution in [0.15, 0.2) is 152 Å². The molecule has 0 saturated heterocycles. The molecule has 9 rings (SSSR count). The van der Waals surface area contributed by atoms with Crippen LogP contribution < -0.4 is 0 Å². The first kappa shape index (κ1) is 24.7. The predicted octanol–water partition coefficient (Wildman–Crippen LogP) is 11.1. The van der Waals surface area contributed by atoms with Crippen molar-refractivity contribution in [1.82, 2.24) is 14.4 Å². The van der Waals surface area contributed by atoms with Crippen LogP contribution in [0.1, 0.15) is 19.4 Å². The second kappa shape index (κ2) is 13.4. The van der Waals surface area contributed by atoms with Crippen molar-refractivity contribution in [2.45, 2.75) is 13.7 Å². The largest absolute Gasteiger partial charge is 0.332 e. The summed E-state index contributed by atoms with van der Waals surface area (Å²) in [5, 5.41) is 7.29. The molecule has 233 valence electrons. The maximum Gasteiger partial charge on any atom is 0.0780 e. The van der Waals surface area contributed by atoms with E-state index in [-0.39, 0.29) is 31.2 Å². The summed E-state index contributed by atoms with van der Waals surface area (Å²) in [6.07, 6.45) is 1.30. The fraction of sp³-hybridized carbons (Fsp3) is 0.0455. The first-order valence-electron chi connectivity index (χ1n) is 18.3. The molecule has 9 aromatic rings. The van der Waals surface area contributed by atoms with Crippen LogP contribution in [-0.2, 0) is 20.1 Å². The number of hydrogen-bond acceptors (Lipinski definition) is 2. The zero-order valence-electron chi connectivity index (χ0n) is 31.6. The summed E-state index contributed by atoms with van der Waals surface area (Å²) in [4.78, 5) is 9.20. The van der Waals surface area contributed by atoms with Gasteiger partial charge in [0.05, 0.1) is 16.9 Å². The van der Waals surface area contributed by atoms with Crippen molar-refractivity contribution >= 4 is 48.9 Å². The maximum atomic E-state index is 7.28. The van der Waals surface area contributed by atoms with E-state index in [4.69, 9.17) is 13.2 Å². The van der Waals surface area contributed by atoms with Gasteiger partial charge in [0.1, 0.15) is 0 Å². The second-order valence-corrected chi connectivity index (χ2v) is 11.3. The first-order valence-corrected chi connectivity index (χ1v) is 15.3. The smallest absolute Gasteiger partial charge is 0.0780 e. The summed E-state index contributed by atoms with van der Waals surface area (Å²) in [5.74, 6) is 0.905. The van der Waals surface area contributed by atoms with Gasteiger partial charge >= 0.3 is 0 Å². The normalized spacial score (nSPS) is 13.3. The number of rotatable bonds is 2. The monoisotopic (exact) mass is 800 g/mol. The number of pyridine rings is 1. The Morgan fingerprint density at radius 2 is 1.21 bits per heavy atom. The minimum atomic E-state index is -2.18. The number of para-hydroxylation sites is 2. The van der Waals surface area contributed by atoms with Crippen LogP contribution in [0.2, 0.25) is 0 Å². The van der Waals surface area contributed by atoms with E-state index in [1.807, 2.05) is 18.2 Å². The van der Waals surface area contributed by atoms with E-state index >= 15 is 0 Å². The summed E-state index contributed by atoms with van der Waals surface area (Å²) in [6.45, 7) is -4.34. The minimum Gasteiger partial charge on any atom is -0.332 e. The van der Waals surface area contributed by atoms with E-state index in [9.17, 15) is 0 Å². The summed E-state index contributed by atoms with van der Waals surface area (Å²) >= 11 is 0. The average Bonchev–Trinajstić information content (AvgIpc) is 3.59. The molecule has 0 bridgehead atoms. The van der Waals surface area contributed by atoms with Crippen LogP contribution in [-0.4, -0.2) is 14.4 Å². The molecule has 6 aromatic carbocycles. The number of benzene rings is 6. The SMILES string of the molecule is [2H]C([2H])([2H])c1c[c-]c(-c2ccc(C([2H])([2H])[2H])cn2)cc1.[Ir].[c-]1ccccc1-c1nc2cccc3c4ccccc4c4ccccc4c4ccccc4n1c23. The third-order valence-electron chi connectivity index (χ3n) is 8.35. The van der Waals surface area contributed by atoms with Crippen LogP contribution in [0.3, 0.4) is 0 Å². The number of nitrogens with zero attached hydrogens (tertiary/aromatic N) is 3. The van der Waals surface area contributed by atoms with Gasteiger partial charge in [0.15, 0.2) is 0 Å². The van der Waals surface area contributed by atoms with Crippen LogP contribution in [0.25, 0.3) is 71.5 Å². The molecule has 1 radical (unpaired) electrons. The zero-order chi connectivity index (χ0) is 36.7. The van der Waals surface area contributed by atoms with Crippen molar-refractivity contribution in [3.05, 3.63) is 175 Å². The van der Waals surface area contributed by atoms with E-state index in [0.29, 0.717) is 11.3 Å². The van der Waals surface area contributed by atoms with E-state index in [1.165, 1.54) is 56.7 Å². The molecular weight excluding hydrogens is 763 g/mol. The Labute approximate surface area is 302 Å². The van der Waals surface area contributed by atoms with Crippen molar-refractivity contribution in [2.75, 3.05) is 0 Å². The molecule has 0 aliphatic rings. The molecule has 0 N–H and O–H groups in total. The molecule has 0 aliphatic carbocycles. The van der Waals surface area contributed by atoms with Crippen LogP contribution in [0, 0.1) is 25.8 Å². The van der Waals surface area contributed by atoms with Crippen molar-refractivity contribution in [3.63, 3.8) is 0 Å². The van der Waals surface area contributed by atoms with Gasteiger partial charge in [-0.2, -0.15) is 0 Å². The molecule has 48 heavy (non-hydrogen) atoms. The third kappa shape index (κ3) is 5.71. The van der Waals surface area contributed by atoms with Gasteiger partial charge < -0.3 is 9.38 Å². The molecule has 0 unspecified atom stereocenters. The fourth-order valence-corrected chi connectivity index (χ4v) is 6.23. The van der Waals surface area contributed by atoms with Gasteiger partial charge in [-0.1, -0.05) is 97.8 Å². The van der Waals surface area contributed by atoms with Crippen molar-refractivity contribution < 1.29 is 28.3 Å². The number of aryl methyl sites for hydroxylation is 2. The van der Waals surface area contributed by atoms with E-state index in [1.54, 1.807) is 12.1 Å². The van der Waals surface area contributed by atoms with Crippen LogP contribution >= 0.6 is 0 Å². The fourth-order valence-electron chi connectivity index (χ4n) is 6.23. The van der Waals surface area contributed by atoms with Crippen molar-refractivity contribution in [1.29, 1.82) is 0 Å². The Kier molecular flexibility index (Phi) is 6.89. The number of fused-ring (bicyclic) bond motifs is 7. The minimum absolute atomic E-state index is 0. The molecule has 0 aliphatic heterocycles. The quantitative estimate of drug-likeness (QED) is 0.163. The summed E-state index contributed by atoms with van der Waals surface area (Å²) in [7, 11) is 0. The Bertz CT molecular complexity index is 2740. The first-order chi connectivity index (χ1) is 25.6. The van der Waals surface area contributed by atoms with Gasteiger partial charge in [-0.25, -0.2) is 0 Å². The van der Waals surface area contributed by atoms with E-state index in [2.05, 4.69) is 119 Å². The van der Waals surface area contributed by atoms with Crippen LogP contribution in [0.4, 0.5) is 0 Å². The number of aromatic nitrogens is 3. The van der Waals surface area contributed by atoms with Gasteiger partial charge in [-0.15, -0.1) is 71.3 Å². The molecule has 4 heteroatoms. The maximum absolute atomic E-state index is 7.28. The second-order valence-electron chi connectivity index (χ2n) is 11.3. The van der Waals surface area contributed by atoms with Crippen molar-refractivity contribution in [3.8, 4) is 22.6 Å². The van der Waals surface area contributed by atoms with E-state index < -0.39 is 13.7 Å². The zero-order valence-corrected chi connectivity index (χ0v) is 28.0. The topological polar surface area (TPSA) is 30.2 Å². The molecule has 3 nitrogen and oxygen atoms in total. The van der Waals surface area contributed by atoms with Gasteiger partial charge in [0, 0.05) is 50.8 Å². The number of imidazole rings is 1. The van der Waals surface area contributed by atoms with Gasteiger partial charge in [-0.05, 0) is 51.8 Å². The molecule has 0 atom stereocenters. The van der Waals surface area contributed by atoms with Crippen molar-refractivity contribution in [2.24, 2.45) is 0 Å². The predicted molar refractivity (Wildman–Crippen MR) is 196 cm³/mol. The number of hydrogen-bond donors (Lipinski definition) is 0. The van der Waals surface area contributed by atoms with Gasteiger partial charge in [0.25, 0.3) is 0 Å². The van der Waals surface area contributed by atoms with Gasteiger partial charge in [-0.3, -0.25) is 4.98 Å².